The van der Waals surface area contributed by atoms with Crippen molar-refractivity contribution < 1.29 is 28.2 Å². The topological polar surface area (TPSA) is 99.4 Å². The molecule has 0 radical (unpaired) electrons. The molecular formula is C15H15BF3N3O3. The van der Waals surface area contributed by atoms with Gasteiger partial charge < -0.3 is 15.1 Å². The molecule has 3 N–H and O–H groups in total. The number of rotatable bonds is 0. The van der Waals surface area contributed by atoms with E-state index in [-0.39, 0.29) is 0 Å². The van der Waals surface area contributed by atoms with Crippen molar-refractivity contribution in [1.82, 2.24) is 15.0 Å². The highest BCUT2D eigenvalue weighted by atomic mass is 19.1. The Balaban J connectivity index is 0.000000314. The zero-order valence-corrected chi connectivity index (χ0v) is 12.8. The zero-order valence-electron chi connectivity index (χ0n) is 12.8. The van der Waals surface area contributed by atoms with E-state index in [1.807, 2.05) is 0 Å². The van der Waals surface area contributed by atoms with E-state index in [1.54, 1.807) is 36.4 Å². The van der Waals surface area contributed by atoms with Gasteiger partial charge in [-0.1, -0.05) is 18.2 Å². The van der Waals surface area contributed by atoms with Gasteiger partial charge in [-0.25, -0.2) is 15.0 Å². The maximum Gasteiger partial charge on any atom is 0.631 e. The lowest BCUT2D eigenvalue weighted by Crippen LogP contribution is -2.07. The summed E-state index contributed by atoms with van der Waals surface area (Å²) in [5, 5.41) is 21.5. The van der Waals surface area contributed by atoms with E-state index >= 15 is 0 Å². The van der Waals surface area contributed by atoms with Crippen molar-refractivity contribution in [3.8, 4) is 0 Å². The molecule has 10 heteroatoms. The molecule has 3 heterocycles. The van der Waals surface area contributed by atoms with Crippen molar-refractivity contribution >= 4 is 7.32 Å². The molecule has 3 aromatic heterocycles. The van der Waals surface area contributed by atoms with Crippen LogP contribution < -0.4 is 0 Å². The fraction of sp³-hybridized carbons (Fsp3) is 0. The lowest BCUT2D eigenvalue weighted by Gasteiger charge is -1.78. The van der Waals surface area contributed by atoms with Crippen LogP contribution in [0.5, 0.6) is 0 Å². The Morgan fingerprint density at radius 3 is 0.880 bits per heavy atom. The Morgan fingerprint density at radius 2 is 0.800 bits per heavy atom. The van der Waals surface area contributed by atoms with Crippen molar-refractivity contribution in [2.45, 2.75) is 0 Å². The molecule has 6 nitrogen and oxygen atoms in total. The minimum atomic E-state index is -2.17. The van der Waals surface area contributed by atoms with Crippen molar-refractivity contribution in [3.05, 3.63) is 91.0 Å². The summed E-state index contributed by atoms with van der Waals surface area (Å²) in [5.74, 6) is -1.28. The van der Waals surface area contributed by atoms with E-state index < -0.39 is 25.2 Å². The lowest BCUT2D eigenvalue weighted by molar-refractivity contribution is 0.278. The Labute approximate surface area is 142 Å². The molecule has 0 amide bonds. The van der Waals surface area contributed by atoms with Crippen LogP contribution in [0.15, 0.2) is 73.2 Å². The van der Waals surface area contributed by atoms with Crippen molar-refractivity contribution in [2.24, 2.45) is 0 Å². The van der Waals surface area contributed by atoms with Crippen LogP contribution in [0.3, 0.4) is 0 Å². The standard InChI is InChI=1S/3C5H4FN.BH3O3/c3*6-5-3-1-2-4-7-5;2-1(3)4/h3*1-4H;2-4H. The average molecular weight is 353 g/mol. The summed E-state index contributed by atoms with van der Waals surface area (Å²) in [7, 11) is -2.17. The van der Waals surface area contributed by atoms with Gasteiger partial charge in [0.15, 0.2) is 0 Å². The number of aromatic nitrogens is 3. The molecule has 25 heavy (non-hydrogen) atoms. The lowest BCUT2D eigenvalue weighted by atomic mass is 10.3. The maximum absolute atomic E-state index is 11.8. The molecule has 132 valence electrons. The van der Waals surface area contributed by atoms with Gasteiger partial charge in [0.1, 0.15) is 0 Å². The first-order valence-corrected chi connectivity index (χ1v) is 6.65. The van der Waals surface area contributed by atoms with Crippen LogP contribution >= 0.6 is 0 Å². The van der Waals surface area contributed by atoms with Crippen molar-refractivity contribution in [3.63, 3.8) is 0 Å². The SMILES string of the molecule is Fc1ccccn1.Fc1ccccn1.Fc1ccccn1.OB(O)O. The van der Waals surface area contributed by atoms with E-state index in [0.29, 0.717) is 0 Å². The predicted molar refractivity (Wildman–Crippen MR) is 85.0 cm³/mol. The van der Waals surface area contributed by atoms with Gasteiger partial charge in [0.25, 0.3) is 0 Å². The first kappa shape index (κ1) is 22.2. The van der Waals surface area contributed by atoms with Crippen LogP contribution in [0.4, 0.5) is 13.2 Å². The van der Waals surface area contributed by atoms with Crippen molar-refractivity contribution in [2.75, 3.05) is 0 Å². The van der Waals surface area contributed by atoms with Gasteiger partial charge in [0, 0.05) is 18.6 Å². The molecule has 0 aliphatic carbocycles. The second-order valence-electron chi connectivity index (χ2n) is 3.80. The second kappa shape index (κ2) is 14.8. The van der Waals surface area contributed by atoms with E-state index in [1.165, 1.54) is 36.8 Å². The molecular weight excluding hydrogens is 338 g/mol. The van der Waals surface area contributed by atoms with Crippen LogP contribution in [0.2, 0.25) is 0 Å². The second-order valence-corrected chi connectivity index (χ2v) is 3.80. The highest BCUT2D eigenvalue weighted by Crippen LogP contribution is 1.87. The summed E-state index contributed by atoms with van der Waals surface area (Å²) in [4.78, 5) is 9.94. The van der Waals surface area contributed by atoms with Gasteiger partial charge in [-0.15, -0.1) is 0 Å². The Kier molecular flexibility index (Phi) is 13.1. The van der Waals surface area contributed by atoms with Gasteiger partial charge in [0.05, 0.1) is 0 Å². The fourth-order valence-corrected chi connectivity index (χ4v) is 1.03. The summed E-state index contributed by atoms with van der Waals surface area (Å²) in [6, 6.07) is 13.7. The first-order valence-electron chi connectivity index (χ1n) is 6.65. The molecule has 0 aromatic carbocycles. The van der Waals surface area contributed by atoms with Gasteiger partial charge in [-0.3, -0.25) is 0 Å². The molecule has 0 spiro atoms. The number of hydrogen-bond acceptors (Lipinski definition) is 6. The highest BCUT2D eigenvalue weighted by molar-refractivity contribution is 6.30. The molecule has 0 fully saturated rings. The normalized spacial score (nSPS) is 8.40. The molecule has 3 aromatic rings. The predicted octanol–water partition coefficient (Wildman–Crippen LogP) is 1.61. The first-order chi connectivity index (χ1) is 11.9. The van der Waals surface area contributed by atoms with E-state index in [0.717, 1.165) is 0 Å². The number of hydrogen-bond donors (Lipinski definition) is 3. The largest absolute Gasteiger partial charge is 0.631 e. The third-order valence-electron chi connectivity index (χ3n) is 1.89. The maximum atomic E-state index is 11.8. The molecule has 0 saturated carbocycles. The zero-order chi connectivity index (χ0) is 18.9. The molecule has 0 bridgehead atoms. The molecule has 3 rings (SSSR count). The number of pyridine rings is 3. The van der Waals surface area contributed by atoms with Gasteiger partial charge >= 0.3 is 7.32 Å². The van der Waals surface area contributed by atoms with Crippen LogP contribution in [0, 0.1) is 17.8 Å². The van der Waals surface area contributed by atoms with Crippen molar-refractivity contribution in [1.29, 1.82) is 0 Å². The summed E-state index contributed by atoms with van der Waals surface area (Å²) in [5.41, 5.74) is 0. The van der Waals surface area contributed by atoms with Gasteiger partial charge in [-0.2, -0.15) is 13.2 Å². The van der Waals surface area contributed by atoms with E-state index in [2.05, 4.69) is 15.0 Å². The van der Waals surface area contributed by atoms with Crippen LogP contribution in [0.1, 0.15) is 0 Å². The Morgan fingerprint density at radius 1 is 0.560 bits per heavy atom. The minimum Gasteiger partial charge on any atom is -0.402 e. The average Bonchev–Trinajstić information content (AvgIpc) is 2.58. The molecule has 0 aliphatic rings. The summed E-state index contributed by atoms with van der Waals surface area (Å²) < 4.78 is 35.4. The van der Waals surface area contributed by atoms with Gasteiger partial charge in [0.2, 0.25) is 17.8 Å². The molecule has 0 aliphatic heterocycles. The Hall–Kier alpha value is -2.82. The third kappa shape index (κ3) is 17.4. The number of halogens is 3. The third-order valence-corrected chi connectivity index (χ3v) is 1.89. The summed E-state index contributed by atoms with van der Waals surface area (Å²) in [6.45, 7) is 0. The monoisotopic (exact) mass is 353 g/mol. The number of nitrogens with zero attached hydrogens (tertiary/aromatic N) is 3. The summed E-state index contributed by atoms with van der Waals surface area (Å²) in [6.07, 6.45) is 4.24. The minimum absolute atomic E-state index is 0.428. The highest BCUT2D eigenvalue weighted by Gasteiger charge is 1.92. The Bertz CT molecular complexity index is 561. The molecule has 0 unspecified atom stereocenters. The van der Waals surface area contributed by atoms with Crippen LogP contribution in [0.25, 0.3) is 0 Å². The van der Waals surface area contributed by atoms with Crippen LogP contribution in [-0.2, 0) is 0 Å². The quantitative estimate of drug-likeness (QED) is 0.420. The fourth-order valence-electron chi connectivity index (χ4n) is 1.03. The molecule has 0 saturated heterocycles. The van der Waals surface area contributed by atoms with Crippen LogP contribution in [-0.4, -0.2) is 37.3 Å². The van der Waals surface area contributed by atoms with E-state index in [9.17, 15) is 13.2 Å². The van der Waals surface area contributed by atoms with Gasteiger partial charge in [-0.05, 0) is 36.4 Å². The smallest absolute Gasteiger partial charge is 0.402 e. The molecule has 0 atom stereocenters. The summed E-state index contributed by atoms with van der Waals surface area (Å²) >= 11 is 0. The van der Waals surface area contributed by atoms with E-state index in [4.69, 9.17) is 15.1 Å².